The molecule has 0 aliphatic heterocycles. The first kappa shape index (κ1) is 23.1. The molecule has 7 nitrogen and oxygen atoms in total. The lowest BCUT2D eigenvalue weighted by Gasteiger charge is -2.07. The molecule has 31 heavy (non-hydrogen) atoms. The molecule has 0 atom stereocenters. The highest BCUT2D eigenvalue weighted by Crippen LogP contribution is 2.25. The maximum Gasteiger partial charge on any atom is 0.234 e. The Morgan fingerprint density at radius 3 is 2.32 bits per heavy atom. The Hall–Kier alpha value is -2.55. The fraction of sp³-hybridized carbons (Fsp3) is 0.238. The van der Waals surface area contributed by atoms with Crippen molar-refractivity contribution in [2.45, 2.75) is 24.9 Å². The van der Waals surface area contributed by atoms with Crippen molar-refractivity contribution in [2.75, 3.05) is 16.4 Å². The van der Waals surface area contributed by atoms with Crippen molar-refractivity contribution in [3.8, 4) is 0 Å². The number of hydrogen-bond acceptors (Lipinski definition) is 5. The fourth-order valence-corrected chi connectivity index (χ4v) is 3.73. The predicted octanol–water partition coefficient (Wildman–Crippen LogP) is 4.60. The van der Waals surface area contributed by atoms with Gasteiger partial charge in [0.15, 0.2) is 5.16 Å². The van der Waals surface area contributed by atoms with Gasteiger partial charge in [0.25, 0.3) is 0 Å². The molecule has 2 aromatic carbocycles. The monoisotopic (exact) mass is 477 g/mol. The number of carbonyl (C=O) groups excluding carboxylic acids is 2. The highest BCUT2D eigenvalue weighted by atomic mass is 35.5. The number of rotatable bonds is 8. The van der Waals surface area contributed by atoms with E-state index in [1.165, 1.54) is 17.3 Å². The van der Waals surface area contributed by atoms with Crippen molar-refractivity contribution >= 4 is 58.2 Å². The molecule has 0 spiro atoms. The first-order chi connectivity index (χ1) is 14.9. The van der Waals surface area contributed by atoms with E-state index in [4.69, 9.17) is 23.2 Å². The van der Waals surface area contributed by atoms with Gasteiger partial charge in [0.05, 0.1) is 22.2 Å². The first-order valence-electron chi connectivity index (χ1n) is 9.50. The molecule has 162 valence electrons. The van der Waals surface area contributed by atoms with Crippen molar-refractivity contribution in [3.63, 3.8) is 0 Å². The summed E-state index contributed by atoms with van der Waals surface area (Å²) in [4.78, 5) is 24.5. The van der Waals surface area contributed by atoms with Crippen LogP contribution in [0, 0.1) is 0 Å². The van der Waals surface area contributed by atoms with E-state index < -0.39 is 0 Å². The van der Waals surface area contributed by atoms with E-state index in [1.54, 1.807) is 29.8 Å². The topological polar surface area (TPSA) is 88.9 Å². The largest absolute Gasteiger partial charge is 0.326 e. The van der Waals surface area contributed by atoms with E-state index in [1.807, 2.05) is 24.3 Å². The standard InChI is InChI=1S/C21H21Cl2N5O2S/c1-3-13-4-6-14(7-5-13)24-20(30)12-31-21-27-26-18(28(21)2)11-19(29)25-15-8-9-16(22)17(23)10-15/h4-10H,3,11-12H2,1-2H3,(H,24,30)(H,25,29). The molecule has 0 saturated carbocycles. The van der Waals surface area contributed by atoms with Gasteiger partial charge in [-0.15, -0.1) is 10.2 Å². The first-order valence-corrected chi connectivity index (χ1v) is 11.2. The predicted molar refractivity (Wildman–Crippen MR) is 125 cm³/mol. The summed E-state index contributed by atoms with van der Waals surface area (Å²) >= 11 is 13.1. The van der Waals surface area contributed by atoms with E-state index in [0.717, 1.165) is 12.1 Å². The van der Waals surface area contributed by atoms with Gasteiger partial charge in [-0.3, -0.25) is 9.59 Å². The lowest BCUT2D eigenvalue weighted by atomic mass is 10.1. The van der Waals surface area contributed by atoms with Gasteiger partial charge in [0.2, 0.25) is 11.8 Å². The van der Waals surface area contributed by atoms with Crippen LogP contribution in [-0.4, -0.2) is 32.3 Å². The van der Waals surface area contributed by atoms with Gasteiger partial charge in [-0.2, -0.15) is 0 Å². The molecule has 3 aromatic rings. The van der Waals surface area contributed by atoms with Gasteiger partial charge < -0.3 is 15.2 Å². The van der Waals surface area contributed by atoms with Crippen LogP contribution in [0.25, 0.3) is 0 Å². The van der Waals surface area contributed by atoms with Crippen LogP contribution in [0.3, 0.4) is 0 Å². The summed E-state index contributed by atoms with van der Waals surface area (Å²) in [5, 5.41) is 15.1. The minimum atomic E-state index is -0.265. The molecule has 0 aliphatic carbocycles. The zero-order chi connectivity index (χ0) is 22.4. The molecule has 2 amide bonds. The zero-order valence-corrected chi connectivity index (χ0v) is 19.3. The minimum Gasteiger partial charge on any atom is -0.326 e. The number of thioether (sulfide) groups is 1. The van der Waals surface area contributed by atoms with Gasteiger partial charge in [-0.25, -0.2) is 0 Å². The van der Waals surface area contributed by atoms with Crippen LogP contribution in [0.15, 0.2) is 47.6 Å². The zero-order valence-electron chi connectivity index (χ0n) is 17.0. The van der Waals surface area contributed by atoms with Crippen molar-refractivity contribution in [1.29, 1.82) is 0 Å². The number of benzene rings is 2. The summed E-state index contributed by atoms with van der Waals surface area (Å²) in [6.07, 6.45) is 0.977. The summed E-state index contributed by atoms with van der Waals surface area (Å²) in [7, 11) is 1.76. The maximum absolute atomic E-state index is 12.3. The number of hydrogen-bond donors (Lipinski definition) is 2. The Labute approximate surface area is 194 Å². The summed E-state index contributed by atoms with van der Waals surface area (Å²) in [6, 6.07) is 12.6. The van der Waals surface area contributed by atoms with Gasteiger partial charge in [-0.1, -0.05) is 54.0 Å². The maximum atomic E-state index is 12.3. The van der Waals surface area contributed by atoms with E-state index in [0.29, 0.717) is 26.7 Å². The normalized spacial score (nSPS) is 10.7. The molecular weight excluding hydrogens is 457 g/mol. The Morgan fingerprint density at radius 1 is 0.968 bits per heavy atom. The summed E-state index contributed by atoms with van der Waals surface area (Å²) in [5.41, 5.74) is 2.50. The Morgan fingerprint density at radius 2 is 1.65 bits per heavy atom. The van der Waals surface area contributed by atoms with Crippen LogP contribution in [0.2, 0.25) is 10.0 Å². The average molecular weight is 478 g/mol. The lowest BCUT2D eigenvalue weighted by Crippen LogP contribution is -2.17. The molecular formula is C21H21Cl2N5O2S. The van der Waals surface area contributed by atoms with Gasteiger partial charge >= 0.3 is 0 Å². The summed E-state index contributed by atoms with van der Waals surface area (Å²) in [5.74, 6) is 0.252. The van der Waals surface area contributed by atoms with E-state index in [-0.39, 0.29) is 24.0 Å². The number of nitrogens with one attached hydrogen (secondary N) is 2. The number of aromatic nitrogens is 3. The van der Waals surface area contributed by atoms with E-state index in [9.17, 15) is 9.59 Å². The van der Waals surface area contributed by atoms with Crippen LogP contribution >= 0.6 is 35.0 Å². The van der Waals surface area contributed by atoms with Crippen LogP contribution < -0.4 is 10.6 Å². The van der Waals surface area contributed by atoms with Gasteiger partial charge in [-0.05, 0) is 42.3 Å². The molecule has 3 rings (SSSR count). The SMILES string of the molecule is CCc1ccc(NC(=O)CSc2nnc(CC(=O)Nc3ccc(Cl)c(Cl)c3)n2C)cc1. The third-order valence-corrected chi connectivity index (χ3v) is 6.18. The van der Waals surface area contributed by atoms with Gasteiger partial charge in [0, 0.05) is 18.4 Å². The third-order valence-electron chi connectivity index (χ3n) is 4.43. The highest BCUT2D eigenvalue weighted by Gasteiger charge is 2.15. The number of amides is 2. The van der Waals surface area contributed by atoms with Crippen molar-refractivity contribution in [1.82, 2.24) is 14.8 Å². The molecule has 0 fully saturated rings. The highest BCUT2D eigenvalue weighted by molar-refractivity contribution is 7.99. The Kier molecular flexibility index (Phi) is 7.95. The third kappa shape index (κ3) is 6.46. The van der Waals surface area contributed by atoms with Crippen LogP contribution in [0.4, 0.5) is 11.4 Å². The van der Waals surface area contributed by atoms with Crippen molar-refractivity contribution in [3.05, 3.63) is 63.9 Å². The summed E-state index contributed by atoms with van der Waals surface area (Å²) in [6.45, 7) is 2.08. The molecule has 0 aliphatic rings. The summed E-state index contributed by atoms with van der Waals surface area (Å²) < 4.78 is 1.70. The number of aryl methyl sites for hydroxylation is 1. The van der Waals surface area contributed by atoms with Crippen molar-refractivity contribution < 1.29 is 9.59 Å². The number of halogens is 2. The second-order valence-corrected chi connectivity index (χ2v) is 8.46. The number of carbonyl (C=O) groups is 2. The molecule has 0 saturated heterocycles. The van der Waals surface area contributed by atoms with Crippen LogP contribution in [0.5, 0.6) is 0 Å². The van der Waals surface area contributed by atoms with E-state index in [2.05, 4.69) is 27.8 Å². The fourth-order valence-electron chi connectivity index (χ4n) is 2.70. The lowest BCUT2D eigenvalue weighted by molar-refractivity contribution is -0.116. The Bertz CT molecular complexity index is 1090. The van der Waals surface area contributed by atoms with Crippen LogP contribution in [-0.2, 0) is 29.5 Å². The van der Waals surface area contributed by atoms with E-state index >= 15 is 0 Å². The second-order valence-electron chi connectivity index (χ2n) is 6.70. The molecule has 0 radical (unpaired) electrons. The smallest absolute Gasteiger partial charge is 0.234 e. The molecule has 10 heteroatoms. The van der Waals surface area contributed by atoms with Gasteiger partial charge in [0.1, 0.15) is 5.82 Å². The number of anilines is 2. The quantitative estimate of drug-likeness (QED) is 0.462. The van der Waals surface area contributed by atoms with Crippen molar-refractivity contribution in [2.24, 2.45) is 7.05 Å². The molecule has 1 heterocycles. The second kappa shape index (κ2) is 10.7. The number of nitrogens with zero attached hydrogens (tertiary/aromatic N) is 3. The molecule has 2 N–H and O–H groups in total. The van der Waals surface area contributed by atoms with Crippen LogP contribution in [0.1, 0.15) is 18.3 Å². The molecule has 1 aromatic heterocycles. The molecule has 0 bridgehead atoms. The Balaban J connectivity index is 1.52. The average Bonchev–Trinajstić information content (AvgIpc) is 3.09. The molecule has 0 unspecified atom stereocenters. The minimum absolute atomic E-state index is 0.0281.